The Kier molecular flexibility index (Phi) is 5.06. The van der Waals surface area contributed by atoms with Gasteiger partial charge in [-0.05, 0) is 29.8 Å². The molecule has 35 heavy (non-hydrogen) atoms. The first kappa shape index (κ1) is 22.6. The normalized spacial score (nSPS) is 24.4. The third-order valence-electron chi connectivity index (χ3n) is 6.89. The molecule has 2 saturated heterocycles. The zero-order valence-electron chi connectivity index (χ0n) is 17.7. The molecule has 3 atom stereocenters. The first-order chi connectivity index (χ1) is 16.8. The van der Waals surface area contributed by atoms with Gasteiger partial charge in [0, 0.05) is 15.6 Å². The van der Waals surface area contributed by atoms with Gasteiger partial charge in [-0.25, -0.2) is 4.90 Å². The molecule has 2 aliphatic heterocycles. The number of nitrogens with zero attached hydrogens (tertiary/aromatic N) is 1. The molecule has 0 radical (unpaired) electrons. The van der Waals surface area contributed by atoms with Crippen LogP contribution in [-0.4, -0.2) is 29.0 Å². The molecule has 9 heteroatoms. The van der Waals surface area contributed by atoms with Crippen LogP contribution < -0.4 is 4.90 Å². The summed E-state index contributed by atoms with van der Waals surface area (Å²) in [4.78, 5) is 56.1. The van der Waals surface area contributed by atoms with E-state index in [1.54, 1.807) is 42.5 Å². The number of hydrogen-bond donors (Lipinski definition) is 0. The van der Waals surface area contributed by atoms with E-state index in [-0.39, 0.29) is 26.9 Å². The highest BCUT2D eigenvalue weighted by atomic mass is 79.9. The number of fused-ring (bicyclic) bond motifs is 3. The summed E-state index contributed by atoms with van der Waals surface area (Å²) < 4.78 is 7.05. The van der Waals surface area contributed by atoms with Crippen LogP contribution in [0.15, 0.2) is 71.2 Å². The van der Waals surface area contributed by atoms with E-state index in [0.29, 0.717) is 5.56 Å². The molecule has 174 valence electrons. The number of carbonyl (C=O) groups excluding carboxylic acids is 4. The van der Waals surface area contributed by atoms with Gasteiger partial charge in [0.1, 0.15) is 0 Å². The van der Waals surface area contributed by atoms with E-state index in [0.717, 1.165) is 9.37 Å². The van der Waals surface area contributed by atoms with Crippen molar-refractivity contribution in [1.29, 1.82) is 0 Å². The molecule has 3 aromatic carbocycles. The Balaban J connectivity index is 1.56. The molecular weight excluding hydrogens is 557 g/mol. The number of anilines is 1. The van der Waals surface area contributed by atoms with Crippen molar-refractivity contribution in [3.05, 3.63) is 97.9 Å². The van der Waals surface area contributed by atoms with Crippen molar-refractivity contribution in [1.82, 2.24) is 0 Å². The summed E-state index contributed by atoms with van der Waals surface area (Å²) in [5.74, 6) is -5.03. The van der Waals surface area contributed by atoms with Crippen molar-refractivity contribution < 1.29 is 23.9 Å². The second kappa shape index (κ2) is 7.83. The van der Waals surface area contributed by atoms with E-state index < -0.39 is 46.9 Å². The van der Waals surface area contributed by atoms with Crippen LogP contribution in [0.1, 0.15) is 32.4 Å². The Bertz CT molecular complexity index is 1440. The van der Waals surface area contributed by atoms with Crippen molar-refractivity contribution in [2.75, 3.05) is 4.90 Å². The van der Waals surface area contributed by atoms with Gasteiger partial charge in [-0.3, -0.25) is 19.2 Å². The fourth-order valence-electron chi connectivity index (χ4n) is 5.37. The van der Waals surface area contributed by atoms with Crippen molar-refractivity contribution in [2.24, 2.45) is 11.8 Å². The number of carbonyl (C=O) groups is 4. The van der Waals surface area contributed by atoms with Crippen molar-refractivity contribution in [3.63, 3.8) is 0 Å². The Hall–Kier alpha value is -2.84. The lowest BCUT2D eigenvalue weighted by Gasteiger charge is -2.27. The lowest BCUT2D eigenvalue weighted by atomic mass is 9.77. The summed E-state index contributed by atoms with van der Waals surface area (Å²) in [5.41, 5.74) is -1.13. The van der Waals surface area contributed by atoms with Gasteiger partial charge >= 0.3 is 0 Å². The SMILES string of the molecule is O=C1[C@@H]2[C@@H](c3ccc(Br)cc3)OC3(C(=O)c4ccccc4C3=O)[C@@H]2C(=O)N1c1cccc(Cl)c1Cl. The molecule has 2 fully saturated rings. The number of hydrogen-bond acceptors (Lipinski definition) is 5. The molecule has 3 aromatic rings. The maximum atomic E-state index is 13.9. The largest absolute Gasteiger partial charge is 0.349 e. The number of ketones is 2. The molecule has 6 nitrogen and oxygen atoms in total. The number of amides is 2. The topological polar surface area (TPSA) is 80.8 Å². The maximum absolute atomic E-state index is 13.9. The minimum Gasteiger partial charge on any atom is -0.349 e. The molecule has 0 aromatic heterocycles. The van der Waals surface area contributed by atoms with Crippen LogP contribution in [0.3, 0.4) is 0 Å². The fraction of sp³-hybridized carbons (Fsp3) is 0.154. The molecule has 0 N–H and O–H groups in total. The highest BCUT2D eigenvalue weighted by Crippen LogP contribution is 2.58. The molecule has 1 spiro atoms. The molecule has 0 saturated carbocycles. The predicted octanol–water partition coefficient (Wildman–Crippen LogP) is 5.45. The predicted molar refractivity (Wildman–Crippen MR) is 132 cm³/mol. The summed E-state index contributed by atoms with van der Waals surface area (Å²) in [6.07, 6.45) is -1.00. The molecule has 0 bridgehead atoms. The molecule has 3 aliphatic rings. The monoisotopic (exact) mass is 569 g/mol. The Labute approximate surface area is 217 Å². The summed E-state index contributed by atoms with van der Waals surface area (Å²) in [6, 6.07) is 17.9. The van der Waals surface area contributed by atoms with Gasteiger partial charge in [-0.15, -0.1) is 0 Å². The van der Waals surface area contributed by atoms with Gasteiger partial charge in [0.15, 0.2) is 0 Å². The Morgan fingerprint density at radius 3 is 2.06 bits per heavy atom. The fourth-order valence-corrected chi connectivity index (χ4v) is 6.02. The minimum atomic E-state index is -2.14. The summed E-state index contributed by atoms with van der Waals surface area (Å²) >= 11 is 15.9. The Morgan fingerprint density at radius 1 is 0.800 bits per heavy atom. The Morgan fingerprint density at radius 2 is 1.43 bits per heavy atom. The summed E-state index contributed by atoms with van der Waals surface area (Å²) in [6.45, 7) is 0. The van der Waals surface area contributed by atoms with E-state index in [4.69, 9.17) is 27.9 Å². The number of imide groups is 1. The molecule has 0 unspecified atom stereocenters. The van der Waals surface area contributed by atoms with Crippen molar-refractivity contribution >= 4 is 68.2 Å². The lowest BCUT2D eigenvalue weighted by Crippen LogP contribution is -2.51. The molecule has 6 rings (SSSR count). The second-order valence-corrected chi connectivity index (χ2v) is 10.3. The van der Waals surface area contributed by atoms with E-state index in [2.05, 4.69) is 15.9 Å². The van der Waals surface area contributed by atoms with Crippen LogP contribution in [0.25, 0.3) is 0 Å². The average molecular weight is 571 g/mol. The van der Waals surface area contributed by atoms with E-state index >= 15 is 0 Å². The quantitative estimate of drug-likeness (QED) is 0.302. The van der Waals surface area contributed by atoms with Crippen molar-refractivity contribution in [2.45, 2.75) is 11.7 Å². The highest BCUT2D eigenvalue weighted by Gasteiger charge is 2.74. The number of ether oxygens (including phenoxy) is 1. The van der Waals surface area contributed by atoms with Gasteiger partial charge in [-0.1, -0.05) is 81.6 Å². The van der Waals surface area contributed by atoms with Crippen LogP contribution in [-0.2, 0) is 14.3 Å². The number of Topliss-reactive ketones (excluding diaryl/α,β-unsaturated/α-hetero) is 2. The van der Waals surface area contributed by atoms with Gasteiger partial charge in [0.2, 0.25) is 29.0 Å². The number of rotatable bonds is 2. The lowest BCUT2D eigenvalue weighted by molar-refractivity contribution is -0.127. The zero-order chi connectivity index (χ0) is 24.6. The van der Waals surface area contributed by atoms with Crippen LogP contribution >= 0.6 is 39.1 Å². The molecule has 2 amide bonds. The number of halogens is 3. The molecule has 2 heterocycles. The third kappa shape index (κ3) is 2.93. The maximum Gasteiger partial charge on any atom is 0.241 e. The van der Waals surface area contributed by atoms with Gasteiger partial charge in [-0.2, -0.15) is 0 Å². The van der Waals surface area contributed by atoms with Gasteiger partial charge < -0.3 is 4.74 Å². The van der Waals surface area contributed by atoms with Crippen LogP contribution in [0.4, 0.5) is 5.69 Å². The van der Waals surface area contributed by atoms with E-state index in [1.807, 2.05) is 0 Å². The second-order valence-electron chi connectivity index (χ2n) is 8.62. The first-order valence-electron chi connectivity index (χ1n) is 10.7. The smallest absolute Gasteiger partial charge is 0.241 e. The number of benzene rings is 3. The van der Waals surface area contributed by atoms with E-state index in [9.17, 15) is 19.2 Å². The van der Waals surface area contributed by atoms with Crippen molar-refractivity contribution in [3.8, 4) is 0 Å². The molecular formula is C26H14BrCl2NO5. The highest BCUT2D eigenvalue weighted by molar-refractivity contribution is 9.10. The summed E-state index contributed by atoms with van der Waals surface area (Å²) in [7, 11) is 0. The van der Waals surface area contributed by atoms with Crippen LogP contribution in [0.2, 0.25) is 10.0 Å². The average Bonchev–Trinajstić information content (AvgIpc) is 3.42. The van der Waals surface area contributed by atoms with Crippen LogP contribution in [0.5, 0.6) is 0 Å². The minimum absolute atomic E-state index is 0.0263. The standard InChI is InChI=1S/C26H14BrCl2NO5/c27-13-10-8-12(9-11-13)21-18-19(25(34)30(24(18)33)17-7-3-6-16(28)20(17)29)26(35-21)22(31)14-4-1-2-5-15(14)23(26)32/h1-11,18-19,21H/t18-,19-,21+/m0/s1. The summed E-state index contributed by atoms with van der Waals surface area (Å²) in [5, 5.41) is 0.191. The molecule has 1 aliphatic carbocycles. The first-order valence-corrected chi connectivity index (χ1v) is 12.3. The van der Waals surface area contributed by atoms with Gasteiger partial charge in [0.05, 0.1) is 33.7 Å². The van der Waals surface area contributed by atoms with E-state index in [1.165, 1.54) is 24.3 Å². The third-order valence-corrected chi connectivity index (χ3v) is 8.23. The van der Waals surface area contributed by atoms with Crippen LogP contribution in [0, 0.1) is 11.8 Å². The zero-order valence-corrected chi connectivity index (χ0v) is 20.8. The van der Waals surface area contributed by atoms with Gasteiger partial charge in [0.25, 0.3) is 0 Å².